The predicted molar refractivity (Wildman–Crippen MR) is 59.7 cm³/mol. The Morgan fingerprint density at radius 3 is 2.00 bits per heavy atom. The van der Waals surface area contributed by atoms with E-state index >= 15 is 0 Å². The van der Waals surface area contributed by atoms with Crippen molar-refractivity contribution in [3.63, 3.8) is 0 Å². The van der Waals surface area contributed by atoms with Crippen LogP contribution in [0.5, 0.6) is 0 Å². The van der Waals surface area contributed by atoms with Gasteiger partial charge in [-0.1, -0.05) is 46.8 Å². The molecule has 0 aromatic heterocycles. The quantitative estimate of drug-likeness (QED) is 0.560. The summed E-state index contributed by atoms with van der Waals surface area (Å²) >= 11 is 0. The second-order valence-electron chi connectivity index (χ2n) is 5.26. The van der Waals surface area contributed by atoms with Crippen LogP contribution < -0.4 is 0 Å². The van der Waals surface area contributed by atoms with E-state index in [0.29, 0.717) is 11.3 Å². The highest BCUT2D eigenvalue weighted by molar-refractivity contribution is 5.38. The molecule has 0 aliphatic heterocycles. The third kappa shape index (κ3) is 2.46. The van der Waals surface area contributed by atoms with Crippen molar-refractivity contribution < 1.29 is 0 Å². The average Bonchev–Trinajstić information content (AvgIpc) is 2.03. The van der Waals surface area contributed by atoms with Crippen molar-refractivity contribution in [2.45, 2.75) is 47.5 Å². The molecular weight excluding hydrogens is 156 g/mol. The van der Waals surface area contributed by atoms with E-state index in [1.807, 2.05) is 0 Å². The number of rotatable bonds is 1. The van der Waals surface area contributed by atoms with Crippen molar-refractivity contribution in [1.29, 1.82) is 0 Å². The first-order chi connectivity index (χ1) is 5.93. The van der Waals surface area contributed by atoms with Crippen molar-refractivity contribution in [1.82, 2.24) is 0 Å². The van der Waals surface area contributed by atoms with Gasteiger partial charge in [0, 0.05) is 0 Å². The van der Waals surface area contributed by atoms with Crippen molar-refractivity contribution in [3.05, 3.63) is 23.3 Å². The summed E-state index contributed by atoms with van der Waals surface area (Å²) in [7, 11) is 0. The maximum absolute atomic E-state index is 2.43. The smallest absolute Gasteiger partial charge is 0.0132 e. The van der Waals surface area contributed by atoms with Gasteiger partial charge in [-0.2, -0.15) is 0 Å². The zero-order valence-corrected chi connectivity index (χ0v) is 9.65. The summed E-state index contributed by atoms with van der Waals surface area (Å²) in [5, 5.41) is 0. The molecule has 1 rings (SSSR count). The van der Waals surface area contributed by atoms with Crippen LogP contribution in [0.1, 0.15) is 47.5 Å². The molecule has 0 fully saturated rings. The van der Waals surface area contributed by atoms with Gasteiger partial charge in [0.1, 0.15) is 0 Å². The van der Waals surface area contributed by atoms with E-state index in [-0.39, 0.29) is 0 Å². The highest BCUT2D eigenvalue weighted by atomic mass is 14.3. The van der Waals surface area contributed by atoms with Crippen LogP contribution in [0.15, 0.2) is 23.3 Å². The fourth-order valence-corrected chi connectivity index (χ4v) is 1.98. The summed E-state index contributed by atoms with van der Waals surface area (Å²) in [6.07, 6.45) is 7.30. The Morgan fingerprint density at radius 1 is 1.08 bits per heavy atom. The molecule has 0 aromatic carbocycles. The molecule has 0 N–H and O–H groups in total. The lowest BCUT2D eigenvalue weighted by Crippen LogP contribution is -2.16. The fourth-order valence-electron chi connectivity index (χ4n) is 1.98. The van der Waals surface area contributed by atoms with Gasteiger partial charge < -0.3 is 0 Å². The number of allylic oxidation sites excluding steroid dienone is 4. The maximum Gasteiger partial charge on any atom is -0.0132 e. The Kier molecular flexibility index (Phi) is 3.00. The topological polar surface area (TPSA) is 0 Å². The molecule has 0 heteroatoms. The Balaban J connectivity index is 2.95. The molecule has 0 atom stereocenters. The highest BCUT2D eigenvalue weighted by Crippen LogP contribution is 2.37. The second kappa shape index (κ2) is 3.69. The summed E-state index contributed by atoms with van der Waals surface area (Å²) in [5.74, 6) is 0.672. The molecule has 0 bridgehead atoms. The van der Waals surface area contributed by atoms with E-state index in [1.165, 1.54) is 12.8 Å². The van der Waals surface area contributed by atoms with Crippen molar-refractivity contribution in [2.24, 2.45) is 11.3 Å². The van der Waals surface area contributed by atoms with E-state index < -0.39 is 0 Å². The van der Waals surface area contributed by atoms with Gasteiger partial charge in [-0.05, 0) is 35.3 Å². The maximum atomic E-state index is 2.43. The zero-order chi connectivity index (χ0) is 10.1. The van der Waals surface area contributed by atoms with Gasteiger partial charge >= 0.3 is 0 Å². The van der Waals surface area contributed by atoms with Gasteiger partial charge in [-0.15, -0.1) is 0 Å². The molecule has 0 aromatic rings. The van der Waals surface area contributed by atoms with Crippen LogP contribution in [-0.2, 0) is 0 Å². The van der Waals surface area contributed by atoms with Gasteiger partial charge in [-0.3, -0.25) is 0 Å². The molecular formula is C13H22. The second-order valence-corrected chi connectivity index (χ2v) is 5.26. The highest BCUT2D eigenvalue weighted by Gasteiger charge is 2.23. The minimum Gasteiger partial charge on any atom is -0.0805 e. The molecule has 74 valence electrons. The van der Waals surface area contributed by atoms with E-state index in [9.17, 15) is 0 Å². The lowest BCUT2D eigenvalue weighted by molar-refractivity contribution is 0.491. The van der Waals surface area contributed by atoms with Gasteiger partial charge in [-0.25, -0.2) is 0 Å². The SMILES string of the molecule is CC(C)C1=CCCC=C1C(C)(C)C. The molecule has 0 nitrogen and oxygen atoms in total. The molecule has 0 saturated carbocycles. The van der Waals surface area contributed by atoms with Crippen LogP contribution in [-0.4, -0.2) is 0 Å². The summed E-state index contributed by atoms with van der Waals surface area (Å²) in [6.45, 7) is 11.5. The molecule has 0 unspecified atom stereocenters. The average molecular weight is 178 g/mol. The Morgan fingerprint density at radius 2 is 1.62 bits per heavy atom. The first-order valence-electron chi connectivity index (χ1n) is 5.34. The van der Waals surface area contributed by atoms with Crippen LogP contribution in [0.4, 0.5) is 0 Å². The van der Waals surface area contributed by atoms with Crippen molar-refractivity contribution in [3.8, 4) is 0 Å². The first-order valence-corrected chi connectivity index (χ1v) is 5.34. The number of hydrogen-bond donors (Lipinski definition) is 0. The monoisotopic (exact) mass is 178 g/mol. The van der Waals surface area contributed by atoms with Crippen LogP contribution in [0.2, 0.25) is 0 Å². The fraction of sp³-hybridized carbons (Fsp3) is 0.692. The summed E-state index contributed by atoms with van der Waals surface area (Å²) in [4.78, 5) is 0. The zero-order valence-electron chi connectivity index (χ0n) is 9.65. The lowest BCUT2D eigenvalue weighted by atomic mass is 9.75. The van der Waals surface area contributed by atoms with Gasteiger partial charge in [0.25, 0.3) is 0 Å². The molecule has 1 aliphatic carbocycles. The summed E-state index contributed by atoms with van der Waals surface area (Å²) in [5.41, 5.74) is 3.45. The summed E-state index contributed by atoms with van der Waals surface area (Å²) < 4.78 is 0. The van der Waals surface area contributed by atoms with Gasteiger partial charge in [0.15, 0.2) is 0 Å². The third-order valence-electron chi connectivity index (χ3n) is 2.62. The number of hydrogen-bond acceptors (Lipinski definition) is 0. The Labute approximate surface area is 82.7 Å². The van der Waals surface area contributed by atoms with Gasteiger partial charge in [0.2, 0.25) is 0 Å². The Hall–Kier alpha value is -0.520. The normalized spacial score (nSPS) is 18.6. The Bertz CT molecular complexity index is 233. The van der Waals surface area contributed by atoms with Gasteiger partial charge in [0.05, 0.1) is 0 Å². The van der Waals surface area contributed by atoms with Crippen molar-refractivity contribution in [2.75, 3.05) is 0 Å². The van der Waals surface area contributed by atoms with E-state index in [4.69, 9.17) is 0 Å². The molecule has 0 heterocycles. The molecule has 1 aliphatic rings. The molecule has 0 spiro atoms. The van der Waals surface area contributed by atoms with E-state index in [1.54, 1.807) is 11.1 Å². The summed E-state index contributed by atoms with van der Waals surface area (Å²) in [6, 6.07) is 0. The largest absolute Gasteiger partial charge is 0.0805 e. The molecule has 0 radical (unpaired) electrons. The lowest BCUT2D eigenvalue weighted by Gasteiger charge is -2.30. The predicted octanol–water partition coefficient (Wildman–Crippen LogP) is 4.34. The van der Waals surface area contributed by atoms with Crippen molar-refractivity contribution >= 4 is 0 Å². The molecule has 0 saturated heterocycles. The molecule has 13 heavy (non-hydrogen) atoms. The van der Waals surface area contributed by atoms with E-state index in [0.717, 1.165) is 0 Å². The van der Waals surface area contributed by atoms with Crippen LogP contribution >= 0.6 is 0 Å². The van der Waals surface area contributed by atoms with E-state index in [2.05, 4.69) is 46.8 Å². The minimum atomic E-state index is 0.316. The minimum absolute atomic E-state index is 0.316. The van der Waals surface area contributed by atoms with Crippen LogP contribution in [0.25, 0.3) is 0 Å². The third-order valence-corrected chi connectivity index (χ3v) is 2.62. The molecule has 0 amide bonds. The standard InChI is InChI=1S/C13H22/c1-10(2)11-8-6-7-9-12(11)13(3,4)5/h8-10H,6-7H2,1-5H3. The van der Waals surface area contributed by atoms with Crippen LogP contribution in [0.3, 0.4) is 0 Å². The first kappa shape index (κ1) is 10.6. The van der Waals surface area contributed by atoms with Crippen LogP contribution in [0, 0.1) is 11.3 Å².